The average molecular weight is 271 g/mol. The van der Waals surface area contributed by atoms with Crippen LogP contribution in [0.4, 0.5) is 5.82 Å². The first-order valence-corrected chi connectivity index (χ1v) is 7.52. The molecule has 1 N–H and O–H groups in total. The molecule has 2 atom stereocenters. The van der Waals surface area contributed by atoms with Crippen LogP contribution < -0.4 is 10.2 Å². The molecule has 0 bridgehead atoms. The van der Waals surface area contributed by atoms with E-state index in [2.05, 4.69) is 40.3 Å². The lowest BCUT2D eigenvalue weighted by Crippen LogP contribution is -2.28. The first-order chi connectivity index (χ1) is 9.78. The van der Waals surface area contributed by atoms with E-state index in [1.54, 1.807) is 0 Å². The summed E-state index contributed by atoms with van der Waals surface area (Å²) in [7, 11) is 0. The third kappa shape index (κ3) is 2.04. The topological polar surface area (TPSA) is 64.8 Å². The number of anilines is 1. The van der Waals surface area contributed by atoms with Crippen molar-refractivity contribution in [2.45, 2.75) is 26.7 Å². The van der Waals surface area contributed by atoms with Crippen LogP contribution in [0.25, 0.3) is 0 Å². The highest BCUT2D eigenvalue weighted by Gasteiger charge is 2.37. The number of nitrogens with one attached hydrogen (secondary N) is 1. The Kier molecular flexibility index (Phi) is 3.58. The molecule has 106 valence electrons. The first kappa shape index (κ1) is 13.3. The second-order valence-corrected chi connectivity index (χ2v) is 5.73. The van der Waals surface area contributed by atoms with Gasteiger partial charge in [0.05, 0.1) is 5.69 Å². The Bertz CT molecular complexity index is 536. The van der Waals surface area contributed by atoms with Gasteiger partial charge in [0.15, 0.2) is 5.82 Å². The lowest BCUT2D eigenvalue weighted by atomic mass is 10.0. The highest BCUT2D eigenvalue weighted by molar-refractivity contribution is 5.58. The fourth-order valence-electron chi connectivity index (χ4n) is 3.53. The fourth-order valence-corrected chi connectivity index (χ4v) is 3.53. The van der Waals surface area contributed by atoms with Crippen molar-refractivity contribution in [2.75, 3.05) is 31.1 Å². The van der Waals surface area contributed by atoms with Crippen LogP contribution in [0.15, 0.2) is 0 Å². The molecule has 0 saturated carbocycles. The van der Waals surface area contributed by atoms with Gasteiger partial charge in [-0.05, 0) is 30.2 Å². The molecule has 0 amide bonds. The van der Waals surface area contributed by atoms with E-state index in [0.717, 1.165) is 61.7 Å². The minimum absolute atomic E-state index is 0.694. The Morgan fingerprint density at radius 1 is 1.20 bits per heavy atom. The Labute approximate surface area is 120 Å². The predicted molar refractivity (Wildman–Crippen MR) is 77.6 cm³/mol. The van der Waals surface area contributed by atoms with Crippen LogP contribution in [0.5, 0.6) is 0 Å². The van der Waals surface area contributed by atoms with Crippen molar-refractivity contribution in [3.8, 4) is 6.07 Å². The Morgan fingerprint density at radius 3 is 2.45 bits per heavy atom. The lowest BCUT2D eigenvalue weighted by molar-refractivity contribution is 0.533. The van der Waals surface area contributed by atoms with Gasteiger partial charge in [-0.1, -0.05) is 13.8 Å². The number of hydrogen-bond donors (Lipinski definition) is 1. The van der Waals surface area contributed by atoms with Crippen molar-refractivity contribution in [2.24, 2.45) is 11.8 Å². The van der Waals surface area contributed by atoms with Crippen LogP contribution in [0, 0.1) is 23.2 Å². The van der Waals surface area contributed by atoms with Gasteiger partial charge in [-0.2, -0.15) is 10.4 Å². The maximum absolute atomic E-state index is 9.56. The van der Waals surface area contributed by atoms with Crippen molar-refractivity contribution in [1.82, 2.24) is 15.5 Å². The van der Waals surface area contributed by atoms with Gasteiger partial charge in [0, 0.05) is 26.2 Å². The summed E-state index contributed by atoms with van der Waals surface area (Å²) in [6, 6.07) is 2.37. The monoisotopic (exact) mass is 271 g/mol. The number of fused-ring (bicyclic) bond motifs is 1. The van der Waals surface area contributed by atoms with Gasteiger partial charge < -0.3 is 10.2 Å². The summed E-state index contributed by atoms with van der Waals surface area (Å²) in [4.78, 5) is 2.26. The highest BCUT2D eigenvalue weighted by atomic mass is 15.3. The lowest BCUT2D eigenvalue weighted by Gasteiger charge is -2.21. The molecule has 5 heteroatoms. The quantitative estimate of drug-likeness (QED) is 0.892. The first-order valence-electron chi connectivity index (χ1n) is 7.52. The molecule has 0 unspecified atom stereocenters. The highest BCUT2D eigenvalue weighted by Crippen LogP contribution is 2.32. The van der Waals surface area contributed by atoms with Gasteiger partial charge in [0.1, 0.15) is 11.6 Å². The number of nitriles is 1. The third-order valence-corrected chi connectivity index (χ3v) is 4.63. The minimum atomic E-state index is 0.694. The SMILES string of the molecule is CCc1nnc(N2C[C@H]3CNC[C@H]3C2)c(C#N)c1CC. The van der Waals surface area contributed by atoms with Crippen molar-refractivity contribution in [3.05, 3.63) is 16.8 Å². The van der Waals surface area contributed by atoms with Crippen LogP contribution in [-0.4, -0.2) is 36.4 Å². The molecule has 3 heterocycles. The average Bonchev–Trinajstić information content (AvgIpc) is 3.06. The molecule has 0 aliphatic carbocycles. The van der Waals surface area contributed by atoms with Crippen LogP contribution in [0.1, 0.15) is 30.7 Å². The number of aryl methyl sites for hydroxylation is 1. The second kappa shape index (κ2) is 5.37. The van der Waals surface area contributed by atoms with Gasteiger partial charge in [-0.15, -0.1) is 5.10 Å². The molecule has 2 aliphatic heterocycles. The summed E-state index contributed by atoms with van der Waals surface area (Å²) < 4.78 is 0. The Balaban J connectivity index is 1.96. The summed E-state index contributed by atoms with van der Waals surface area (Å²) in [6.45, 7) is 8.32. The molecule has 5 nitrogen and oxygen atoms in total. The smallest absolute Gasteiger partial charge is 0.169 e. The van der Waals surface area contributed by atoms with Crippen molar-refractivity contribution in [1.29, 1.82) is 5.26 Å². The van der Waals surface area contributed by atoms with Crippen molar-refractivity contribution in [3.63, 3.8) is 0 Å². The molecule has 0 radical (unpaired) electrons. The van der Waals surface area contributed by atoms with E-state index in [9.17, 15) is 5.26 Å². The zero-order chi connectivity index (χ0) is 14.1. The van der Waals surface area contributed by atoms with Gasteiger partial charge in [0.25, 0.3) is 0 Å². The molecule has 2 fully saturated rings. The number of aromatic nitrogens is 2. The summed E-state index contributed by atoms with van der Waals surface area (Å²) in [5.41, 5.74) is 2.79. The Hall–Kier alpha value is -1.67. The molecule has 1 aromatic rings. The van der Waals surface area contributed by atoms with E-state index in [1.807, 2.05) is 0 Å². The molecule has 3 rings (SSSR count). The third-order valence-electron chi connectivity index (χ3n) is 4.63. The van der Waals surface area contributed by atoms with E-state index in [4.69, 9.17) is 0 Å². The minimum Gasteiger partial charge on any atom is -0.353 e. The normalized spacial score (nSPS) is 24.8. The molecule has 0 aromatic carbocycles. The van der Waals surface area contributed by atoms with Crippen molar-refractivity contribution < 1.29 is 0 Å². The van der Waals surface area contributed by atoms with E-state index in [1.165, 1.54) is 0 Å². The second-order valence-electron chi connectivity index (χ2n) is 5.73. The van der Waals surface area contributed by atoms with Crippen LogP contribution in [0.2, 0.25) is 0 Å². The standard InChI is InChI=1S/C15H21N5/c1-3-12-13(5-16)15(19-18-14(12)4-2)20-8-10-6-17-7-11(10)9-20/h10-11,17H,3-4,6-9H2,1-2H3/t10-,11+. The number of hydrogen-bond acceptors (Lipinski definition) is 5. The van der Waals surface area contributed by atoms with Crippen LogP contribution in [-0.2, 0) is 12.8 Å². The Morgan fingerprint density at radius 2 is 1.90 bits per heavy atom. The van der Waals surface area contributed by atoms with Gasteiger partial charge in [0.2, 0.25) is 0 Å². The van der Waals surface area contributed by atoms with E-state index >= 15 is 0 Å². The molecule has 1 aromatic heterocycles. The van der Waals surface area contributed by atoms with Crippen LogP contribution >= 0.6 is 0 Å². The molecule has 2 aliphatic rings. The van der Waals surface area contributed by atoms with E-state index in [0.29, 0.717) is 11.8 Å². The van der Waals surface area contributed by atoms with Gasteiger partial charge in [-0.3, -0.25) is 0 Å². The zero-order valence-corrected chi connectivity index (χ0v) is 12.2. The van der Waals surface area contributed by atoms with Crippen LogP contribution in [0.3, 0.4) is 0 Å². The summed E-state index contributed by atoms with van der Waals surface area (Å²) in [5.74, 6) is 2.19. The van der Waals surface area contributed by atoms with Gasteiger partial charge in [-0.25, -0.2) is 0 Å². The molecule has 20 heavy (non-hydrogen) atoms. The summed E-state index contributed by atoms with van der Waals surface area (Å²) in [5, 5.41) is 21.7. The molecule has 0 spiro atoms. The van der Waals surface area contributed by atoms with Crippen molar-refractivity contribution >= 4 is 5.82 Å². The maximum atomic E-state index is 9.56. The largest absolute Gasteiger partial charge is 0.353 e. The van der Waals surface area contributed by atoms with Gasteiger partial charge >= 0.3 is 0 Å². The van der Waals surface area contributed by atoms with E-state index in [-0.39, 0.29) is 0 Å². The number of nitrogens with zero attached hydrogens (tertiary/aromatic N) is 4. The van der Waals surface area contributed by atoms with E-state index < -0.39 is 0 Å². The fraction of sp³-hybridized carbons (Fsp3) is 0.667. The molecule has 2 saturated heterocycles. The zero-order valence-electron chi connectivity index (χ0n) is 12.2. The maximum Gasteiger partial charge on any atom is 0.169 e. The summed E-state index contributed by atoms with van der Waals surface area (Å²) >= 11 is 0. The molecular weight excluding hydrogens is 250 g/mol. The predicted octanol–water partition coefficient (Wildman–Crippen LogP) is 1.13. The summed E-state index contributed by atoms with van der Waals surface area (Å²) in [6.07, 6.45) is 1.68. The molecular formula is C15H21N5. The number of rotatable bonds is 3.